The van der Waals surface area contributed by atoms with Gasteiger partial charge in [0.25, 0.3) is 6.47 Å². The number of hydrogen-bond acceptors (Lipinski definition) is 4. The molecule has 0 saturated carbocycles. The van der Waals surface area contributed by atoms with Crippen molar-refractivity contribution in [1.29, 1.82) is 0 Å². The largest absolute Gasteiger partial charge is 0.429 e. The van der Waals surface area contributed by atoms with E-state index in [9.17, 15) is 9.59 Å². The van der Waals surface area contributed by atoms with Gasteiger partial charge in [-0.15, -0.1) is 0 Å². The molecule has 0 aliphatic heterocycles. The maximum absolute atomic E-state index is 11.6. The second-order valence-corrected chi connectivity index (χ2v) is 7.68. The van der Waals surface area contributed by atoms with Crippen molar-refractivity contribution in [2.24, 2.45) is 5.73 Å². The Balaban J connectivity index is 1.78. The Morgan fingerprint density at radius 2 is 1.84 bits per heavy atom. The minimum absolute atomic E-state index is 0.421. The van der Waals surface area contributed by atoms with E-state index in [0.717, 1.165) is 38.6 Å². The summed E-state index contributed by atoms with van der Waals surface area (Å²) in [7, 11) is 0. The maximum atomic E-state index is 11.6. The number of imidazole rings is 1. The summed E-state index contributed by atoms with van der Waals surface area (Å²) < 4.78 is 9.25. The molecule has 5 aromatic rings. The highest BCUT2D eigenvalue weighted by atomic mass is 16.5. The zero-order chi connectivity index (χ0) is 22.2. The van der Waals surface area contributed by atoms with Crippen LogP contribution >= 0.6 is 0 Å². The number of rotatable bonds is 6. The molecule has 7 heteroatoms. The van der Waals surface area contributed by atoms with Gasteiger partial charge in [-0.05, 0) is 54.4 Å². The molecule has 2 heterocycles. The summed E-state index contributed by atoms with van der Waals surface area (Å²) in [5, 5.41) is 2.11. The molecule has 0 spiro atoms. The predicted octanol–water partition coefficient (Wildman–Crippen LogP) is 3.97. The molecule has 0 aliphatic rings. The summed E-state index contributed by atoms with van der Waals surface area (Å²) in [5.41, 5.74) is 10.8. The first-order valence-electron chi connectivity index (χ1n) is 10.1. The van der Waals surface area contributed by atoms with E-state index in [1.54, 1.807) is 30.7 Å². The van der Waals surface area contributed by atoms with Crippen molar-refractivity contribution >= 4 is 34.2 Å². The third-order valence-electron chi connectivity index (χ3n) is 5.63. The molecular weight excluding hydrogens is 404 g/mol. The van der Waals surface area contributed by atoms with Gasteiger partial charge in [0.05, 0.1) is 17.4 Å². The van der Waals surface area contributed by atoms with E-state index in [0.29, 0.717) is 24.3 Å². The Morgan fingerprint density at radius 3 is 2.53 bits per heavy atom. The van der Waals surface area contributed by atoms with E-state index in [1.165, 1.54) is 0 Å². The fourth-order valence-electron chi connectivity index (χ4n) is 4.18. The van der Waals surface area contributed by atoms with Crippen LogP contribution in [0.4, 0.5) is 0 Å². The van der Waals surface area contributed by atoms with E-state index in [4.69, 9.17) is 10.5 Å². The second kappa shape index (κ2) is 7.70. The molecule has 2 aromatic heterocycles. The first kappa shape index (κ1) is 19.6. The van der Waals surface area contributed by atoms with Gasteiger partial charge in [-0.3, -0.25) is 9.59 Å². The number of nitrogens with two attached hydrogens (primary N) is 1. The molecule has 3 aromatic carbocycles. The summed E-state index contributed by atoms with van der Waals surface area (Å²) in [6.07, 6.45) is 5.47. The van der Waals surface area contributed by atoms with Gasteiger partial charge in [-0.2, -0.15) is 0 Å². The highest BCUT2D eigenvalue weighted by Gasteiger charge is 2.16. The number of benzene rings is 3. The second-order valence-electron chi connectivity index (χ2n) is 7.68. The van der Waals surface area contributed by atoms with Gasteiger partial charge in [0.15, 0.2) is 0 Å². The van der Waals surface area contributed by atoms with Crippen molar-refractivity contribution < 1.29 is 14.3 Å². The smallest absolute Gasteiger partial charge is 0.298 e. The van der Waals surface area contributed by atoms with Crippen LogP contribution in [0.5, 0.6) is 5.75 Å². The van der Waals surface area contributed by atoms with Crippen molar-refractivity contribution in [3.05, 3.63) is 90.0 Å². The van der Waals surface area contributed by atoms with Gasteiger partial charge in [0.2, 0.25) is 5.91 Å². The Bertz CT molecular complexity index is 1480. The molecule has 32 heavy (non-hydrogen) atoms. The van der Waals surface area contributed by atoms with Crippen LogP contribution in [0.15, 0.2) is 73.3 Å². The van der Waals surface area contributed by atoms with Crippen molar-refractivity contribution in [1.82, 2.24) is 14.1 Å². The molecule has 0 saturated heterocycles. The molecule has 158 valence electrons. The van der Waals surface area contributed by atoms with Crippen LogP contribution in [-0.4, -0.2) is 26.5 Å². The number of aromatic nitrogens is 3. The lowest BCUT2D eigenvalue weighted by Gasteiger charge is -2.13. The third-order valence-corrected chi connectivity index (χ3v) is 5.63. The molecular formula is C25H20N4O3. The van der Waals surface area contributed by atoms with Crippen molar-refractivity contribution in [2.45, 2.75) is 13.5 Å². The minimum atomic E-state index is -0.467. The van der Waals surface area contributed by atoms with Crippen LogP contribution in [0.3, 0.4) is 0 Å². The predicted molar refractivity (Wildman–Crippen MR) is 122 cm³/mol. The summed E-state index contributed by atoms with van der Waals surface area (Å²) >= 11 is 0. The van der Waals surface area contributed by atoms with E-state index in [-0.39, 0.29) is 0 Å². The SMILES string of the molecule is Cc1cc(C(N)=O)ccc1-n1c2cc(Cn3ccnc3)ccc2c2ccc(OC=O)cc21. The van der Waals surface area contributed by atoms with Gasteiger partial charge in [0.1, 0.15) is 5.75 Å². The zero-order valence-corrected chi connectivity index (χ0v) is 17.4. The highest BCUT2D eigenvalue weighted by Crippen LogP contribution is 2.35. The fraction of sp³-hybridized carbons (Fsp3) is 0.0800. The molecule has 0 fully saturated rings. The van der Waals surface area contributed by atoms with Crippen LogP contribution in [0.25, 0.3) is 27.5 Å². The molecule has 0 radical (unpaired) electrons. The van der Waals surface area contributed by atoms with E-state index in [2.05, 4.69) is 27.8 Å². The zero-order valence-electron chi connectivity index (χ0n) is 17.4. The number of nitrogens with zero attached hydrogens (tertiary/aromatic N) is 3. The van der Waals surface area contributed by atoms with Crippen molar-refractivity contribution in [3.8, 4) is 11.4 Å². The molecule has 0 aliphatic carbocycles. The number of fused-ring (bicyclic) bond motifs is 3. The number of carbonyl (C=O) groups is 2. The molecule has 7 nitrogen and oxygen atoms in total. The average molecular weight is 424 g/mol. The monoisotopic (exact) mass is 424 g/mol. The minimum Gasteiger partial charge on any atom is -0.429 e. The number of aryl methyl sites for hydroxylation is 1. The van der Waals surface area contributed by atoms with Gasteiger partial charge in [-0.25, -0.2) is 4.98 Å². The first-order valence-corrected chi connectivity index (χ1v) is 10.1. The van der Waals surface area contributed by atoms with Crippen LogP contribution in [0, 0.1) is 6.92 Å². The summed E-state index contributed by atoms with van der Waals surface area (Å²) in [4.78, 5) is 26.7. The van der Waals surface area contributed by atoms with E-state index >= 15 is 0 Å². The summed E-state index contributed by atoms with van der Waals surface area (Å²) in [6.45, 7) is 3.06. The lowest BCUT2D eigenvalue weighted by atomic mass is 10.1. The maximum Gasteiger partial charge on any atom is 0.298 e. The lowest BCUT2D eigenvalue weighted by molar-refractivity contribution is -0.120. The number of primary amides is 1. The third kappa shape index (κ3) is 3.30. The molecule has 2 N–H and O–H groups in total. The molecule has 0 atom stereocenters. The quantitative estimate of drug-likeness (QED) is 0.418. The van der Waals surface area contributed by atoms with Crippen LogP contribution < -0.4 is 10.5 Å². The van der Waals surface area contributed by atoms with E-state index < -0.39 is 5.91 Å². The van der Waals surface area contributed by atoms with Gasteiger partial charge in [-0.1, -0.05) is 12.1 Å². The Labute approximate surface area is 183 Å². The first-order chi connectivity index (χ1) is 15.5. The van der Waals surface area contributed by atoms with Gasteiger partial charge >= 0.3 is 0 Å². The molecule has 5 rings (SSSR count). The van der Waals surface area contributed by atoms with Crippen molar-refractivity contribution in [2.75, 3.05) is 0 Å². The highest BCUT2D eigenvalue weighted by molar-refractivity contribution is 6.10. The molecule has 0 bridgehead atoms. The van der Waals surface area contributed by atoms with Crippen LogP contribution in [0.1, 0.15) is 21.5 Å². The average Bonchev–Trinajstić information content (AvgIpc) is 3.39. The fourth-order valence-corrected chi connectivity index (χ4v) is 4.18. The normalized spacial score (nSPS) is 11.2. The van der Waals surface area contributed by atoms with Crippen molar-refractivity contribution in [3.63, 3.8) is 0 Å². The topological polar surface area (TPSA) is 92.1 Å². The van der Waals surface area contributed by atoms with Crippen LogP contribution in [0.2, 0.25) is 0 Å². The van der Waals surface area contributed by atoms with Crippen LogP contribution in [-0.2, 0) is 11.3 Å². The van der Waals surface area contributed by atoms with Gasteiger partial charge < -0.3 is 19.6 Å². The number of hydrogen-bond donors (Lipinski definition) is 1. The molecule has 1 amide bonds. The standard InChI is InChI=1S/C25H20N4O3/c1-16-10-18(25(26)31)3-7-22(16)29-23-11-17(13-28-9-8-27-14-28)2-5-20(23)21-6-4-19(32-15-30)12-24(21)29/h2-12,14-15H,13H2,1H3,(H2,26,31). The lowest BCUT2D eigenvalue weighted by Crippen LogP contribution is -2.11. The Hall–Kier alpha value is -4.39. The van der Waals surface area contributed by atoms with Gasteiger partial charge in [0, 0.05) is 47.0 Å². The molecule has 0 unspecified atom stereocenters. The summed E-state index contributed by atoms with van der Waals surface area (Å²) in [5.74, 6) is -0.00670. The summed E-state index contributed by atoms with van der Waals surface area (Å²) in [6, 6.07) is 17.3. The number of carbonyl (C=O) groups excluding carboxylic acids is 2. The van der Waals surface area contributed by atoms with E-state index in [1.807, 2.05) is 35.9 Å². The number of amides is 1. The Morgan fingerprint density at radius 1 is 1.06 bits per heavy atom. The Kier molecular flexibility index (Phi) is 4.71. The number of ether oxygens (including phenoxy) is 1.